The third kappa shape index (κ3) is 3.03. The normalized spacial score (nSPS) is 18.2. The molecule has 1 aromatic heterocycles. The van der Waals surface area contributed by atoms with Crippen molar-refractivity contribution in [3.63, 3.8) is 0 Å². The van der Waals surface area contributed by atoms with Gasteiger partial charge < -0.3 is 15.1 Å². The van der Waals surface area contributed by atoms with Crippen LogP contribution in [0.25, 0.3) is 0 Å². The van der Waals surface area contributed by atoms with Crippen LogP contribution in [-0.2, 0) is 16.0 Å². The van der Waals surface area contributed by atoms with E-state index < -0.39 is 5.92 Å². The molecule has 1 aliphatic rings. The number of amides is 2. The van der Waals surface area contributed by atoms with Gasteiger partial charge in [0, 0.05) is 24.6 Å². The molecule has 0 saturated carbocycles. The summed E-state index contributed by atoms with van der Waals surface area (Å²) >= 11 is 0. The molecule has 114 valence electrons. The van der Waals surface area contributed by atoms with Crippen LogP contribution in [0.2, 0.25) is 0 Å². The second kappa shape index (κ2) is 6.05. The summed E-state index contributed by atoms with van der Waals surface area (Å²) in [6.07, 6.45) is 2.42. The van der Waals surface area contributed by atoms with E-state index in [1.807, 2.05) is 43.3 Å². The molecule has 22 heavy (non-hydrogen) atoms. The maximum Gasteiger partial charge on any atom is 0.228 e. The molecule has 0 spiro atoms. The lowest BCUT2D eigenvalue weighted by molar-refractivity contribution is -0.126. The quantitative estimate of drug-likeness (QED) is 0.910. The topological polar surface area (TPSA) is 71.3 Å². The Bertz CT molecular complexity index is 679. The second-order valence-electron chi connectivity index (χ2n) is 5.59. The number of fused-ring (bicyclic) bond motifs is 1. The first-order valence-electron chi connectivity index (χ1n) is 7.35. The summed E-state index contributed by atoms with van der Waals surface area (Å²) in [6.45, 7) is 1.93. The minimum absolute atomic E-state index is 0.0594. The van der Waals surface area contributed by atoms with E-state index in [1.165, 1.54) is 0 Å². The first kappa shape index (κ1) is 14.4. The number of anilines is 1. The third-order valence-electron chi connectivity index (χ3n) is 3.79. The SMILES string of the molecule is C[C@@H](Cc1ccco1)NC(=O)[C@@H]1CC(=O)Nc2ccccc21. The van der Waals surface area contributed by atoms with E-state index in [1.54, 1.807) is 6.26 Å². The summed E-state index contributed by atoms with van der Waals surface area (Å²) in [5, 5.41) is 5.77. The van der Waals surface area contributed by atoms with Gasteiger partial charge in [0.1, 0.15) is 5.76 Å². The van der Waals surface area contributed by atoms with Crippen molar-refractivity contribution in [2.24, 2.45) is 0 Å². The van der Waals surface area contributed by atoms with Crippen LogP contribution in [-0.4, -0.2) is 17.9 Å². The Morgan fingerprint density at radius 3 is 2.95 bits per heavy atom. The van der Waals surface area contributed by atoms with Crippen LogP contribution >= 0.6 is 0 Å². The average molecular weight is 298 g/mol. The van der Waals surface area contributed by atoms with Crippen LogP contribution < -0.4 is 10.6 Å². The van der Waals surface area contributed by atoms with Crippen LogP contribution in [0.4, 0.5) is 5.69 Å². The molecule has 1 aliphatic heterocycles. The number of furan rings is 1. The Morgan fingerprint density at radius 2 is 2.18 bits per heavy atom. The molecule has 0 fully saturated rings. The van der Waals surface area contributed by atoms with Gasteiger partial charge in [-0.2, -0.15) is 0 Å². The highest BCUT2D eigenvalue weighted by molar-refractivity contribution is 6.01. The Labute approximate surface area is 128 Å². The molecule has 2 atom stereocenters. The van der Waals surface area contributed by atoms with Crippen molar-refractivity contribution < 1.29 is 14.0 Å². The minimum Gasteiger partial charge on any atom is -0.469 e. The lowest BCUT2D eigenvalue weighted by Crippen LogP contribution is -2.40. The van der Waals surface area contributed by atoms with E-state index >= 15 is 0 Å². The summed E-state index contributed by atoms with van der Waals surface area (Å²) in [5.74, 6) is 0.137. The lowest BCUT2D eigenvalue weighted by Gasteiger charge is -2.26. The van der Waals surface area contributed by atoms with Gasteiger partial charge in [-0.1, -0.05) is 18.2 Å². The van der Waals surface area contributed by atoms with Crippen LogP contribution in [0.15, 0.2) is 47.1 Å². The Morgan fingerprint density at radius 1 is 1.36 bits per heavy atom. The largest absolute Gasteiger partial charge is 0.469 e. The molecule has 0 radical (unpaired) electrons. The fourth-order valence-electron chi connectivity index (χ4n) is 2.77. The molecule has 2 heterocycles. The fourth-order valence-corrected chi connectivity index (χ4v) is 2.77. The Kier molecular flexibility index (Phi) is 3.96. The van der Waals surface area contributed by atoms with Crippen LogP contribution in [0.5, 0.6) is 0 Å². The van der Waals surface area contributed by atoms with Gasteiger partial charge in [-0.25, -0.2) is 0 Å². The maximum atomic E-state index is 12.5. The van der Waals surface area contributed by atoms with E-state index in [4.69, 9.17) is 4.42 Å². The van der Waals surface area contributed by atoms with Crippen molar-refractivity contribution in [1.29, 1.82) is 0 Å². The first-order chi connectivity index (χ1) is 10.6. The van der Waals surface area contributed by atoms with Gasteiger partial charge >= 0.3 is 0 Å². The zero-order chi connectivity index (χ0) is 15.5. The molecule has 5 nitrogen and oxygen atoms in total. The van der Waals surface area contributed by atoms with Gasteiger partial charge in [-0.3, -0.25) is 9.59 Å². The highest BCUT2D eigenvalue weighted by Crippen LogP contribution is 2.32. The number of carbonyl (C=O) groups excluding carboxylic acids is 2. The molecule has 3 rings (SSSR count). The predicted octanol–water partition coefficient (Wildman–Crippen LogP) is 2.45. The van der Waals surface area contributed by atoms with Crippen molar-refractivity contribution >= 4 is 17.5 Å². The van der Waals surface area contributed by atoms with E-state index in [0.717, 1.165) is 17.0 Å². The summed E-state index contributed by atoms with van der Waals surface area (Å²) in [5.41, 5.74) is 1.59. The number of nitrogens with one attached hydrogen (secondary N) is 2. The first-order valence-corrected chi connectivity index (χ1v) is 7.35. The van der Waals surface area contributed by atoms with Crippen LogP contribution in [0.3, 0.4) is 0 Å². The van der Waals surface area contributed by atoms with E-state index in [-0.39, 0.29) is 24.3 Å². The van der Waals surface area contributed by atoms with Crippen molar-refractivity contribution in [3.05, 3.63) is 54.0 Å². The molecule has 0 saturated heterocycles. The molecule has 0 bridgehead atoms. The van der Waals surface area contributed by atoms with E-state index in [0.29, 0.717) is 6.42 Å². The van der Waals surface area contributed by atoms with Gasteiger partial charge in [-0.15, -0.1) is 0 Å². The maximum absolute atomic E-state index is 12.5. The van der Waals surface area contributed by atoms with Gasteiger partial charge in [0.05, 0.1) is 12.2 Å². The summed E-state index contributed by atoms with van der Waals surface area (Å²) < 4.78 is 5.29. The highest BCUT2D eigenvalue weighted by Gasteiger charge is 2.30. The highest BCUT2D eigenvalue weighted by atomic mass is 16.3. The molecular formula is C17H18N2O3. The van der Waals surface area contributed by atoms with Crippen molar-refractivity contribution in [2.45, 2.75) is 31.7 Å². The number of para-hydroxylation sites is 1. The molecule has 1 aromatic carbocycles. The molecule has 5 heteroatoms. The molecule has 2 aromatic rings. The van der Waals surface area contributed by atoms with Gasteiger partial charge in [-0.05, 0) is 30.7 Å². The predicted molar refractivity (Wildman–Crippen MR) is 82.4 cm³/mol. The average Bonchev–Trinajstić information content (AvgIpc) is 2.98. The Balaban J connectivity index is 1.71. The number of hydrogen-bond acceptors (Lipinski definition) is 3. The summed E-state index contributed by atoms with van der Waals surface area (Å²) in [7, 11) is 0. The smallest absolute Gasteiger partial charge is 0.228 e. The molecule has 2 N–H and O–H groups in total. The van der Waals surface area contributed by atoms with Crippen molar-refractivity contribution in [2.75, 3.05) is 5.32 Å². The molecular weight excluding hydrogens is 280 g/mol. The summed E-state index contributed by atoms with van der Waals surface area (Å²) in [6, 6.07) is 11.1. The van der Waals surface area contributed by atoms with Gasteiger partial charge in [0.2, 0.25) is 11.8 Å². The standard InChI is InChI=1S/C17H18N2O3/c1-11(9-12-5-4-8-22-12)18-17(21)14-10-16(20)19-15-7-3-2-6-13(14)15/h2-8,11,14H,9-10H2,1H3,(H,18,21)(H,19,20)/t11-,14+/m0/s1. The summed E-state index contributed by atoms with van der Waals surface area (Å²) in [4.78, 5) is 24.3. The van der Waals surface area contributed by atoms with Crippen LogP contribution in [0, 0.1) is 0 Å². The van der Waals surface area contributed by atoms with Gasteiger partial charge in [0.15, 0.2) is 0 Å². The van der Waals surface area contributed by atoms with Crippen molar-refractivity contribution in [1.82, 2.24) is 5.32 Å². The molecule has 0 unspecified atom stereocenters. The zero-order valence-electron chi connectivity index (χ0n) is 12.3. The number of rotatable bonds is 4. The zero-order valence-corrected chi connectivity index (χ0v) is 12.3. The van der Waals surface area contributed by atoms with Gasteiger partial charge in [0.25, 0.3) is 0 Å². The van der Waals surface area contributed by atoms with E-state index in [9.17, 15) is 9.59 Å². The minimum atomic E-state index is -0.441. The number of benzene rings is 1. The molecule has 2 amide bonds. The Hall–Kier alpha value is -2.56. The second-order valence-corrected chi connectivity index (χ2v) is 5.59. The fraction of sp³-hybridized carbons (Fsp3) is 0.294. The van der Waals surface area contributed by atoms with Crippen LogP contribution in [0.1, 0.15) is 30.6 Å². The number of carbonyl (C=O) groups is 2. The lowest BCUT2D eigenvalue weighted by atomic mass is 9.89. The monoisotopic (exact) mass is 298 g/mol. The third-order valence-corrected chi connectivity index (χ3v) is 3.79. The number of hydrogen-bond donors (Lipinski definition) is 2. The van der Waals surface area contributed by atoms with E-state index in [2.05, 4.69) is 10.6 Å². The van der Waals surface area contributed by atoms with Crippen molar-refractivity contribution in [3.8, 4) is 0 Å². The molecule has 0 aliphatic carbocycles.